The van der Waals surface area contributed by atoms with E-state index in [1.165, 1.54) is 6.20 Å². The highest BCUT2D eigenvalue weighted by molar-refractivity contribution is 6.31. The molecule has 8 heteroatoms. The highest BCUT2D eigenvalue weighted by Crippen LogP contribution is 2.32. The third kappa shape index (κ3) is 2.88. The van der Waals surface area contributed by atoms with E-state index in [0.717, 1.165) is 12.1 Å². The van der Waals surface area contributed by atoms with E-state index in [1.807, 2.05) is 13.8 Å². The van der Waals surface area contributed by atoms with Crippen molar-refractivity contribution in [1.82, 2.24) is 9.78 Å². The van der Waals surface area contributed by atoms with Crippen LogP contribution in [0.25, 0.3) is 0 Å². The predicted molar refractivity (Wildman–Crippen MR) is 74.0 cm³/mol. The number of nitrogens with one attached hydrogen (secondary N) is 1. The van der Waals surface area contributed by atoms with Crippen LogP contribution >= 0.6 is 11.6 Å². The van der Waals surface area contributed by atoms with Crippen LogP contribution in [0.5, 0.6) is 0 Å². The fraction of sp³-hybridized carbons (Fsp3) is 0.250. The van der Waals surface area contributed by atoms with Gasteiger partial charge in [0.15, 0.2) is 0 Å². The van der Waals surface area contributed by atoms with Crippen LogP contribution in [0, 0.1) is 15.9 Å². The third-order valence-electron chi connectivity index (χ3n) is 2.64. The number of hydrogen-bond acceptors (Lipinski definition) is 4. The fourth-order valence-electron chi connectivity index (χ4n) is 1.63. The summed E-state index contributed by atoms with van der Waals surface area (Å²) in [6.07, 6.45) is 3.19. The summed E-state index contributed by atoms with van der Waals surface area (Å²) in [5.74, 6) is -0.726. The minimum atomic E-state index is -0.726. The van der Waals surface area contributed by atoms with Crippen LogP contribution in [-0.2, 0) is 0 Å². The van der Waals surface area contributed by atoms with Crippen molar-refractivity contribution in [1.29, 1.82) is 0 Å². The molecule has 6 nitrogen and oxygen atoms in total. The molecule has 0 aliphatic rings. The highest BCUT2D eigenvalue weighted by atomic mass is 35.5. The lowest BCUT2D eigenvalue weighted by Crippen LogP contribution is -2.00. The maximum Gasteiger partial charge on any atom is 0.294 e. The van der Waals surface area contributed by atoms with E-state index >= 15 is 0 Å². The number of benzene rings is 1. The first-order valence-electron chi connectivity index (χ1n) is 5.83. The van der Waals surface area contributed by atoms with Gasteiger partial charge in [0.2, 0.25) is 0 Å². The summed E-state index contributed by atoms with van der Waals surface area (Å²) in [5, 5.41) is 17.5. The van der Waals surface area contributed by atoms with Gasteiger partial charge in [-0.15, -0.1) is 0 Å². The lowest BCUT2D eigenvalue weighted by atomic mass is 10.2. The van der Waals surface area contributed by atoms with Gasteiger partial charge in [-0.1, -0.05) is 11.6 Å². The standard InChI is InChI=1S/C12H12ClFN4O2/c1-7(2)17-6-8(5-15-17)16-11-4-10(14)9(13)3-12(11)18(19)20/h3-7,16H,1-2H3. The van der Waals surface area contributed by atoms with E-state index in [2.05, 4.69) is 10.4 Å². The van der Waals surface area contributed by atoms with E-state index in [4.69, 9.17) is 11.6 Å². The van der Waals surface area contributed by atoms with E-state index in [9.17, 15) is 14.5 Å². The zero-order chi connectivity index (χ0) is 14.9. The molecule has 0 saturated heterocycles. The zero-order valence-electron chi connectivity index (χ0n) is 10.8. The van der Waals surface area contributed by atoms with Gasteiger partial charge in [0.05, 0.1) is 21.8 Å². The summed E-state index contributed by atoms with van der Waals surface area (Å²) >= 11 is 5.55. The molecule has 0 unspecified atom stereocenters. The van der Waals surface area contributed by atoms with Crippen LogP contribution in [0.2, 0.25) is 5.02 Å². The first-order valence-corrected chi connectivity index (χ1v) is 6.21. The molecule has 20 heavy (non-hydrogen) atoms. The van der Waals surface area contributed by atoms with E-state index in [0.29, 0.717) is 5.69 Å². The smallest absolute Gasteiger partial charge is 0.294 e. The quantitative estimate of drug-likeness (QED) is 0.686. The van der Waals surface area contributed by atoms with Gasteiger partial charge in [0, 0.05) is 24.4 Å². The molecule has 0 aliphatic heterocycles. The predicted octanol–water partition coefficient (Wildman–Crippen LogP) is 3.91. The maximum absolute atomic E-state index is 13.4. The summed E-state index contributed by atoms with van der Waals surface area (Å²) in [5.41, 5.74) is 0.262. The molecule has 1 aromatic heterocycles. The number of halogens is 2. The van der Waals surface area contributed by atoms with Crippen molar-refractivity contribution in [3.8, 4) is 0 Å². The SMILES string of the molecule is CC(C)n1cc(Nc2cc(F)c(Cl)cc2[N+](=O)[O-])cn1. The molecule has 2 rings (SSSR count). The minimum absolute atomic E-state index is 0.0280. The number of hydrogen-bond donors (Lipinski definition) is 1. The molecule has 1 heterocycles. The van der Waals surface area contributed by atoms with Gasteiger partial charge >= 0.3 is 0 Å². The average molecular weight is 299 g/mol. The summed E-state index contributed by atoms with van der Waals surface area (Å²) in [4.78, 5) is 10.3. The third-order valence-corrected chi connectivity index (χ3v) is 2.93. The Bertz CT molecular complexity index is 657. The van der Waals surface area contributed by atoms with Gasteiger partial charge in [0.25, 0.3) is 5.69 Å². The minimum Gasteiger partial charge on any atom is -0.347 e. The normalized spacial score (nSPS) is 10.8. The van der Waals surface area contributed by atoms with Crippen molar-refractivity contribution < 1.29 is 9.31 Å². The van der Waals surface area contributed by atoms with Gasteiger partial charge in [-0.3, -0.25) is 14.8 Å². The molecular formula is C12H12ClFN4O2. The van der Waals surface area contributed by atoms with Gasteiger partial charge < -0.3 is 5.32 Å². The molecule has 106 valence electrons. The van der Waals surface area contributed by atoms with Crippen molar-refractivity contribution in [2.75, 3.05) is 5.32 Å². The molecule has 0 aliphatic carbocycles. The second kappa shape index (κ2) is 5.46. The largest absolute Gasteiger partial charge is 0.347 e. The van der Waals surface area contributed by atoms with E-state index in [1.54, 1.807) is 10.9 Å². The Hall–Kier alpha value is -2.15. The Balaban J connectivity index is 2.36. The van der Waals surface area contributed by atoms with Crippen LogP contribution in [0.1, 0.15) is 19.9 Å². The Labute approximate surface area is 119 Å². The second-order valence-electron chi connectivity index (χ2n) is 4.47. The van der Waals surface area contributed by atoms with Crippen LogP contribution in [0.15, 0.2) is 24.5 Å². The van der Waals surface area contributed by atoms with E-state index < -0.39 is 10.7 Å². The Kier molecular flexibility index (Phi) is 3.89. The van der Waals surface area contributed by atoms with Crippen LogP contribution < -0.4 is 5.32 Å². The van der Waals surface area contributed by atoms with E-state index in [-0.39, 0.29) is 22.4 Å². The summed E-state index contributed by atoms with van der Waals surface area (Å²) in [6, 6.07) is 2.13. The topological polar surface area (TPSA) is 73.0 Å². The molecule has 0 atom stereocenters. The van der Waals surface area contributed by atoms with Gasteiger partial charge in [-0.2, -0.15) is 5.10 Å². The number of nitro groups is 1. The van der Waals surface area contributed by atoms with Gasteiger partial charge in [-0.05, 0) is 13.8 Å². The number of nitrogens with zero attached hydrogens (tertiary/aromatic N) is 3. The first kappa shape index (κ1) is 14.3. The van der Waals surface area contributed by atoms with Crippen molar-refractivity contribution in [3.63, 3.8) is 0 Å². The van der Waals surface area contributed by atoms with Crippen molar-refractivity contribution in [2.24, 2.45) is 0 Å². The molecule has 0 spiro atoms. The molecular weight excluding hydrogens is 287 g/mol. The molecule has 0 saturated carbocycles. The lowest BCUT2D eigenvalue weighted by Gasteiger charge is -2.06. The molecule has 2 aromatic rings. The van der Waals surface area contributed by atoms with Gasteiger partial charge in [0.1, 0.15) is 11.5 Å². The average Bonchev–Trinajstić information content (AvgIpc) is 2.82. The number of rotatable bonds is 4. The molecule has 0 bridgehead atoms. The maximum atomic E-state index is 13.4. The van der Waals surface area contributed by atoms with Gasteiger partial charge in [-0.25, -0.2) is 4.39 Å². The molecule has 0 amide bonds. The Morgan fingerprint density at radius 3 is 2.75 bits per heavy atom. The van der Waals surface area contributed by atoms with Crippen LogP contribution in [-0.4, -0.2) is 14.7 Å². The van der Waals surface area contributed by atoms with Crippen molar-refractivity contribution in [3.05, 3.63) is 45.5 Å². The zero-order valence-corrected chi connectivity index (χ0v) is 11.6. The Morgan fingerprint density at radius 2 is 2.20 bits per heavy atom. The molecule has 1 N–H and O–H groups in total. The Morgan fingerprint density at radius 1 is 1.50 bits per heavy atom. The van der Waals surface area contributed by atoms with Crippen molar-refractivity contribution in [2.45, 2.75) is 19.9 Å². The monoisotopic (exact) mass is 298 g/mol. The summed E-state index contributed by atoms with van der Waals surface area (Å²) in [7, 11) is 0. The van der Waals surface area contributed by atoms with Crippen LogP contribution in [0.3, 0.4) is 0 Å². The summed E-state index contributed by atoms with van der Waals surface area (Å²) in [6.45, 7) is 3.89. The second-order valence-corrected chi connectivity index (χ2v) is 4.88. The highest BCUT2D eigenvalue weighted by Gasteiger charge is 2.18. The first-order chi connectivity index (χ1) is 9.38. The molecule has 0 radical (unpaired) electrons. The molecule has 1 aromatic carbocycles. The fourth-order valence-corrected chi connectivity index (χ4v) is 1.79. The molecule has 0 fully saturated rings. The van der Waals surface area contributed by atoms with Crippen molar-refractivity contribution >= 4 is 28.7 Å². The number of anilines is 2. The number of aromatic nitrogens is 2. The number of nitro benzene ring substituents is 1. The van der Waals surface area contributed by atoms with Crippen LogP contribution in [0.4, 0.5) is 21.5 Å². The summed E-state index contributed by atoms with van der Waals surface area (Å²) < 4.78 is 15.1. The lowest BCUT2D eigenvalue weighted by molar-refractivity contribution is -0.383.